The Kier molecular flexibility index (Phi) is 5.17. The van der Waals surface area contributed by atoms with E-state index in [1.165, 1.54) is 10.8 Å². The van der Waals surface area contributed by atoms with E-state index in [2.05, 4.69) is 77.6 Å². The van der Waals surface area contributed by atoms with E-state index in [4.69, 9.17) is 16.5 Å². The third kappa shape index (κ3) is 3.86. The molecule has 0 saturated carbocycles. The molecule has 0 aliphatic heterocycles. The maximum atomic E-state index is 7.22. The van der Waals surface area contributed by atoms with E-state index >= 15 is 0 Å². The van der Waals surface area contributed by atoms with Crippen LogP contribution in [-0.2, 0) is 0 Å². The van der Waals surface area contributed by atoms with E-state index < -0.39 is 0 Å². The Labute approximate surface area is 220 Å². The van der Waals surface area contributed by atoms with Crippen LogP contribution < -0.4 is 0 Å². The van der Waals surface area contributed by atoms with Crippen molar-refractivity contribution in [3.8, 4) is 33.6 Å². The van der Waals surface area contributed by atoms with Crippen LogP contribution in [0.1, 0.15) is 0 Å². The third-order valence-corrected chi connectivity index (χ3v) is 7.10. The van der Waals surface area contributed by atoms with E-state index in [-0.39, 0.29) is 0 Å². The minimum absolute atomic E-state index is 0.650. The highest BCUT2D eigenvalue weighted by atomic mass is 14.9. The first-order valence-electron chi connectivity index (χ1n) is 12.5. The summed E-state index contributed by atoms with van der Waals surface area (Å²) in [7, 11) is 0. The van der Waals surface area contributed by atoms with Crippen molar-refractivity contribution in [3.05, 3.63) is 139 Å². The molecule has 1 heterocycles. The third-order valence-electron chi connectivity index (χ3n) is 7.10. The number of fused-ring (bicyclic) bond motifs is 3. The first-order chi connectivity index (χ1) is 18.7. The largest absolute Gasteiger partial charge is 0.238 e. The summed E-state index contributed by atoms with van der Waals surface area (Å²) in [4.78, 5) is 13.2. The molecule has 0 spiro atoms. The lowest BCUT2D eigenvalue weighted by Gasteiger charge is -2.13. The van der Waals surface area contributed by atoms with Gasteiger partial charge in [-0.05, 0) is 74.1 Å². The van der Waals surface area contributed by atoms with Crippen molar-refractivity contribution in [2.45, 2.75) is 0 Å². The zero-order valence-corrected chi connectivity index (χ0v) is 20.5. The second-order valence-corrected chi connectivity index (χ2v) is 9.43. The molecule has 176 valence electrons. The summed E-state index contributed by atoms with van der Waals surface area (Å²) >= 11 is 0. The zero-order chi connectivity index (χ0) is 25.5. The van der Waals surface area contributed by atoms with Gasteiger partial charge in [-0.2, -0.15) is 0 Å². The minimum atomic E-state index is 0.650. The monoisotopic (exact) mass is 483 g/mol. The summed E-state index contributed by atoms with van der Waals surface area (Å²) in [5, 5.41) is 5.71. The zero-order valence-electron chi connectivity index (χ0n) is 20.5. The van der Waals surface area contributed by atoms with Crippen molar-refractivity contribution in [1.82, 2.24) is 9.97 Å². The predicted octanol–water partition coefficient (Wildman–Crippen LogP) is 9.49. The fourth-order valence-corrected chi connectivity index (χ4v) is 5.09. The molecule has 0 unspecified atom stereocenters. The number of aromatic nitrogens is 2. The van der Waals surface area contributed by atoms with Gasteiger partial charge in [-0.25, -0.2) is 14.8 Å². The van der Waals surface area contributed by atoms with E-state index in [1.54, 1.807) is 0 Å². The molecule has 0 radical (unpaired) electrons. The number of para-hydroxylation sites is 1. The lowest BCUT2D eigenvalue weighted by molar-refractivity contribution is 1.23. The van der Waals surface area contributed by atoms with Crippen molar-refractivity contribution < 1.29 is 0 Å². The van der Waals surface area contributed by atoms with E-state index in [9.17, 15) is 0 Å². The van der Waals surface area contributed by atoms with E-state index in [0.717, 1.165) is 55.3 Å². The molecule has 7 rings (SSSR count). The highest BCUT2D eigenvalue weighted by molar-refractivity contribution is 5.98. The van der Waals surface area contributed by atoms with Crippen LogP contribution in [0.4, 0.5) is 5.69 Å². The Balaban J connectivity index is 1.41. The lowest BCUT2D eigenvalue weighted by atomic mass is 9.92. The number of hydrogen-bond donors (Lipinski definition) is 0. The molecule has 0 aliphatic carbocycles. The lowest BCUT2D eigenvalue weighted by Crippen LogP contribution is -1.93. The van der Waals surface area contributed by atoms with E-state index in [1.807, 2.05) is 54.7 Å². The molecule has 6 aromatic carbocycles. The number of rotatable bonds is 3. The highest BCUT2D eigenvalue weighted by Gasteiger charge is 2.14. The smallest absolute Gasteiger partial charge is 0.187 e. The van der Waals surface area contributed by atoms with Gasteiger partial charge in [0.25, 0.3) is 0 Å². The number of benzene rings is 6. The van der Waals surface area contributed by atoms with Crippen LogP contribution in [0.2, 0.25) is 0 Å². The van der Waals surface area contributed by atoms with Gasteiger partial charge in [0.2, 0.25) is 0 Å². The van der Waals surface area contributed by atoms with Crippen LogP contribution in [0.15, 0.2) is 128 Å². The van der Waals surface area contributed by atoms with Crippen molar-refractivity contribution in [1.29, 1.82) is 0 Å². The molecular weight excluding hydrogens is 462 g/mol. The molecule has 0 saturated heterocycles. The topological polar surface area (TPSA) is 30.1 Å². The van der Waals surface area contributed by atoms with Crippen LogP contribution in [0.25, 0.3) is 70.9 Å². The molecule has 0 bridgehead atoms. The molecule has 0 fully saturated rings. The normalized spacial score (nSPS) is 11.1. The van der Waals surface area contributed by atoms with Crippen LogP contribution in [0.5, 0.6) is 0 Å². The van der Waals surface area contributed by atoms with Crippen molar-refractivity contribution in [2.24, 2.45) is 0 Å². The van der Waals surface area contributed by atoms with Gasteiger partial charge in [-0.3, -0.25) is 0 Å². The summed E-state index contributed by atoms with van der Waals surface area (Å²) in [6.45, 7) is 7.22. The second-order valence-electron chi connectivity index (χ2n) is 9.43. The predicted molar refractivity (Wildman–Crippen MR) is 157 cm³/mol. The second kappa shape index (κ2) is 8.96. The number of hydrogen-bond acceptors (Lipinski definition) is 2. The van der Waals surface area contributed by atoms with E-state index in [0.29, 0.717) is 5.69 Å². The Morgan fingerprint density at radius 3 is 1.89 bits per heavy atom. The maximum Gasteiger partial charge on any atom is 0.187 e. The average molecular weight is 484 g/mol. The highest BCUT2D eigenvalue weighted by Crippen LogP contribution is 2.37. The van der Waals surface area contributed by atoms with Crippen LogP contribution in [-0.4, -0.2) is 9.97 Å². The van der Waals surface area contributed by atoms with Crippen molar-refractivity contribution in [3.63, 3.8) is 0 Å². The molecule has 1 aromatic heterocycles. The average Bonchev–Trinajstić information content (AvgIpc) is 2.99. The Bertz CT molecular complexity index is 2030. The van der Waals surface area contributed by atoms with Gasteiger partial charge in [0.1, 0.15) is 0 Å². The molecule has 3 nitrogen and oxygen atoms in total. The molecular formula is C35H21N3. The fraction of sp³-hybridized carbons (Fsp3) is 0. The van der Waals surface area contributed by atoms with Gasteiger partial charge in [0.05, 0.1) is 12.1 Å². The van der Waals surface area contributed by atoms with Gasteiger partial charge in [-0.1, -0.05) is 91.0 Å². The molecule has 0 atom stereocenters. The molecule has 7 aromatic rings. The van der Waals surface area contributed by atoms with Gasteiger partial charge >= 0.3 is 0 Å². The van der Waals surface area contributed by atoms with Crippen molar-refractivity contribution >= 4 is 38.1 Å². The van der Waals surface area contributed by atoms with Crippen LogP contribution in [0.3, 0.4) is 0 Å². The number of nitrogens with zero attached hydrogens (tertiary/aromatic N) is 3. The fourth-order valence-electron chi connectivity index (χ4n) is 5.09. The standard InChI is InChI=1S/C35H21N3/c1-36-31-16-14-23(15-17-31)27-12-10-24-11-13-28(19-30(24)18-27)32-20-25-6-2-3-7-26(25)21-33(32)35-37-22-29-8-4-5-9-34(29)38-35/h2-22H. The summed E-state index contributed by atoms with van der Waals surface area (Å²) in [6, 6.07) is 41.8. The Morgan fingerprint density at radius 1 is 0.500 bits per heavy atom. The molecule has 0 amide bonds. The Morgan fingerprint density at radius 2 is 1.13 bits per heavy atom. The van der Waals surface area contributed by atoms with Gasteiger partial charge in [0, 0.05) is 17.1 Å². The first-order valence-corrected chi connectivity index (χ1v) is 12.5. The van der Waals surface area contributed by atoms with Crippen LogP contribution >= 0.6 is 0 Å². The Hall–Kier alpha value is -5.33. The van der Waals surface area contributed by atoms with Gasteiger partial charge in [-0.15, -0.1) is 0 Å². The summed E-state index contributed by atoms with van der Waals surface area (Å²) in [5.41, 5.74) is 7.05. The molecule has 38 heavy (non-hydrogen) atoms. The summed E-state index contributed by atoms with van der Waals surface area (Å²) in [6.07, 6.45) is 1.91. The quantitative estimate of drug-likeness (QED) is 0.234. The molecule has 0 aliphatic rings. The van der Waals surface area contributed by atoms with Crippen molar-refractivity contribution in [2.75, 3.05) is 0 Å². The van der Waals surface area contributed by atoms with Gasteiger partial charge in [0.15, 0.2) is 11.5 Å². The summed E-state index contributed by atoms with van der Waals surface area (Å²) in [5.74, 6) is 0.721. The SMILES string of the molecule is [C-]#[N+]c1ccc(-c2ccc3ccc(-c4cc5ccccc5cc4-c4ncc5ccccc5n4)cc3c2)cc1. The molecule has 3 heteroatoms. The van der Waals surface area contributed by atoms with Gasteiger partial charge < -0.3 is 0 Å². The summed E-state index contributed by atoms with van der Waals surface area (Å²) < 4.78 is 0. The van der Waals surface area contributed by atoms with Crippen LogP contribution in [0, 0.1) is 6.57 Å². The maximum absolute atomic E-state index is 7.22. The molecule has 0 N–H and O–H groups in total. The first kappa shape index (κ1) is 21.9. The minimum Gasteiger partial charge on any atom is -0.238 e.